The number of carbonyl (C=O) groups is 2. The SMILES string of the molecule is CN1CCN(c2nc(-c3ccc(C(=O)NC(Cc4cc(Cl)cc(Cl)c4)C(=O)NCC#N)cc3)cs2)CC1. The van der Waals surface area contributed by atoms with Crippen LogP contribution in [0.4, 0.5) is 5.13 Å². The highest BCUT2D eigenvalue weighted by Crippen LogP contribution is 2.28. The van der Waals surface area contributed by atoms with Gasteiger partial charge in [0, 0.05) is 59.2 Å². The topological polar surface area (TPSA) is 101 Å². The van der Waals surface area contributed by atoms with E-state index < -0.39 is 17.9 Å². The van der Waals surface area contributed by atoms with Gasteiger partial charge in [0.15, 0.2) is 5.13 Å². The van der Waals surface area contributed by atoms with Crippen molar-refractivity contribution >= 4 is 51.5 Å². The number of piperazine rings is 1. The van der Waals surface area contributed by atoms with E-state index in [1.54, 1.807) is 41.7 Å². The zero-order chi connectivity index (χ0) is 26.4. The normalized spacial score (nSPS) is 14.6. The van der Waals surface area contributed by atoms with Crippen molar-refractivity contribution in [3.05, 3.63) is 69.0 Å². The Morgan fingerprint density at radius 1 is 1.11 bits per heavy atom. The second kappa shape index (κ2) is 12.4. The number of likely N-dealkylation sites (N-methyl/N-ethyl adjacent to an activating group) is 1. The number of hydrogen-bond acceptors (Lipinski definition) is 7. The van der Waals surface area contributed by atoms with Crippen molar-refractivity contribution in [2.24, 2.45) is 0 Å². The molecular weight excluding hydrogens is 531 g/mol. The van der Waals surface area contributed by atoms with Crippen molar-refractivity contribution in [1.29, 1.82) is 5.26 Å². The predicted molar refractivity (Wildman–Crippen MR) is 147 cm³/mol. The van der Waals surface area contributed by atoms with E-state index in [4.69, 9.17) is 33.4 Å². The van der Waals surface area contributed by atoms with Crippen LogP contribution in [0.2, 0.25) is 10.0 Å². The second-order valence-corrected chi connectivity index (χ2v) is 10.5. The molecule has 3 aromatic rings. The molecule has 1 fully saturated rings. The molecule has 0 saturated carbocycles. The lowest BCUT2D eigenvalue weighted by molar-refractivity contribution is -0.122. The van der Waals surface area contributed by atoms with Crippen LogP contribution < -0.4 is 15.5 Å². The average molecular weight is 558 g/mol. The highest BCUT2D eigenvalue weighted by atomic mass is 35.5. The van der Waals surface area contributed by atoms with Crippen LogP contribution in [0.25, 0.3) is 11.3 Å². The predicted octanol–water partition coefficient (Wildman–Crippen LogP) is 3.85. The van der Waals surface area contributed by atoms with E-state index in [2.05, 4.69) is 27.5 Å². The Balaban J connectivity index is 1.45. The van der Waals surface area contributed by atoms with Crippen molar-refractivity contribution in [2.45, 2.75) is 12.5 Å². The van der Waals surface area contributed by atoms with Crippen LogP contribution in [0.15, 0.2) is 47.8 Å². The zero-order valence-corrected chi connectivity index (χ0v) is 22.5. The summed E-state index contributed by atoms with van der Waals surface area (Å²) in [5.74, 6) is -0.880. The van der Waals surface area contributed by atoms with E-state index in [0.29, 0.717) is 21.2 Å². The Bertz CT molecular complexity index is 1280. The van der Waals surface area contributed by atoms with E-state index in [1.165, 1.54) is 0 Å². The maximum absolute atomic E-state index is 13.0. The van der Waals surface area contributed by atoms with Gasteiger partial charge in [-0.25, -0.2) is 4.98 Å². The van der Waals surface area contributed by atoms with Crippen LogP contribution in [0, 0.1) is 11.3 Å². The third kappa shape index (κ3) is 7.21. The van der Waals surface area contributed by atoms with E-state index in [-0.39, 0.29) is 13.0 Å². The Kier molecular flexibility index (Phi) is 9.00. The van der Waals surface area contributed by atoms with Gasteiger partial charge in [0.1, 0.15) is 12.6 Å². The minimum absolute atomic E-state index is 0.162. The summed E-state index contributed by atoms with van der Waals surface area (Å²) >= 11 is 13.8. The molecule has 37 heavy (non-hydrogen) atoms. The fourth-order valence-corrected chi connectivity index (χ4v) is 5.46. The van der Waals surface area contributed by atoms with Gasteiger partial charge in [0.2, 0.25) is 5.91 Å². The third-order valence-corrected chi connectivity index (χ3v) is 7.37. The van der Waals surface area contributed by atoms with Gasteiger partial charge in [-0.2, -0.15) is 5.26 Å². The van der Waals surface area contributed by atoms with Gasteiger partial charge < -0.3 is 20.4 Å². The zero-order valence-electron chi connectivity index (χ0n) is 20.2. The lowest BCUT2D eigenvalue weighted by atomic mass is 10.0. The molecule has 0 spiro atoms. The van der Waals surface area contributed by atoms with E-state index in [0.717, 1.165) is 42.6 Å². The summed E-state index contributed by atoms with van der Waals surface area (Å²) in [5, 5.41) is 18.0. The summed E-state index contributed by atoms with van der Waals surface area (Å²) in [6.45, 7) is 3.76. The maximum Gasteiger partial charge on any atom is 0.251 e. The summed E-state index contributed by atoms with van der Waals surface area (Å²) < 4.78 is 0. The largest absolute Gasteiger partial charge is 0.346 e. The van der Waals surface area contributed by atoms with Gasteiger partial charge in [-0.05, 0) is 42.9 Å². The first kappa shape index (κ1) is 26.9. The monoisotopic (exact) mass is 556 g/mol. The number of rotatable bonds is 8. The quantitative estimate of drug-likeness (QED) is 0.408. The first-order valence-corrected chi connectivity index (χ1v) is 13.4. The number of nitrogens with zero attached hydrogens (tertiary/aromatic N) is 4. The molecule has 11 heteroatoms. The van der Waals surface area contributed by atoms with Gasteiger partial charge in [-0.1, -0.05) is 35.3 Å². The molecule has 0 radical (unpaired) electrons. The van der Waals surface area contributed by atoms with Crippen LogP contribution in [0.5, 0.6) is 0 Å². The number of benzene rings is 2. The molecule has 1 saturated heterocycles. The number of anilines is 1. The number of hydrogen-bond donors (Lipinski definition) is 2. The van der Waals surface area contributed by atoms with Crippen molar-refractivity contribution < 1.29 is 9.59 Å². The molecule has 2 aromatic carbocycles. The highest BCUT2D eigenvalue weighted by molar-refractivity contribution is 7.14. The van der Waals surface area contributed by atoms with E-state index in [9.17, 15) is 9.59 Å². The van der Waals surface area contributed by atoms with Gasteiger partial charge in [0.05, 0.1) is 11.8 Å². The fourth-order valence-electron chi connectivity index (χ4n) is 4.00. The smallest absolute Gasteiger partial charge is 0.251 e. The Morgan fingerprint density at radius 3 is 2.43 bits per heavy atom. The average Bonchev–Trinajstić information content (AvgIpc) is 3.37. The van der Waals surface area contributed by atoms with Gasteiger partial charge in [0.25, 0.3) is 5.91 Å². The van der Waals surface area contributed by atoms with Gasteiger partial charge >= 0.3 is 0 Å². The molecule has 1 aliphatic heterocycles. The molecule has 2 heterocycles. The number of halogens is 2. The molecular formula is C26H26Cl2N6O2S. The highest BCUT2D eigenvalue weighted by Gasteiger charge is 2.23. The lowest BCUT2D eigenvalue weighted by Crippen LogP contribution is -2.48. The first-order valence-electron chi connectivity index (χ1n) is 11.7. The summed E-state index contributed by atoms with van der Waals surface area (Å²) in [5.41, 5.74) is 2.85. The molecule has 2 amide bonds. The molecule has 1 unspecified atom stereocenters. The van der Waals surface area contributed by atoms with Crippen molar-refractivity contribution in [2.75, 3.05) is 44.7 Å². The Labute approximate surface area is 229 Å². The van der Waals surface area contributed by atoms with Gasteiger partial charge in [-0.3, -0.25) is 9.59 Å². The van der Waals surface area contributed by atoms with Crippen LogP contribution in [0.3, 0.4) is 0 Å². The van der Waals surface area contributed by atoms with E-state index >= 15 is 0 Å². The second-order valence-electron chi connectivity index (χ2n) is 8.77. The third-order valence-electron chi connectivity index (χ3n) is 6.03. The molecule has 8 nitrogen and oxygen atoms in total. The molecule has 0 aliphatic carbocycles. The minimum atomic E-state index is -0.917. The molecule has 2 N–H and O–H groups in total. The molecule has 4 rings (SSSR count). The summed E-state index contributed by atoms with van der Waals surface area (Å²) in [6, 6.07) is 13.0. The number of thiazole rings is 1. The number of nitriles is 1. The maximum atomic E-state index is 13.0. The fraction of sp³-hybridized carbons (Fsp3) is 0.308. The number of aromatic nitrogens is 1. The van der Waals surface area contributed by atoms with Crippen molar-refractivity contribution in [1.82, 2.24) is 20.5 Å². The summed E-state index contributed by atoms with van der Waals surface area (Å²) in [6.07, 6.45) is 0.162. The molecule has 1 aliphatic rings. The van der Waals surface area contributed by atoms with Crippen LogP contribution >= 0.6 is 34.5 Å². The molecule has 0 bridgehead atoms. The van der Waals surface area contributed by atoms with Crippen LogP contribution in [-0.4, -0.2) is 67.5 Å². The van der Waals surface area contributed by atoms with Crippen LogP contribution in [0.1, 0.15) is 15.9 Å². The minimum Gasteiger partial charge on any atom is -0.346 e. The first-order chi connectivity index (χ1) is 17.8. The molecule has 1 atom stereocenters. The molecule has 192 valence electrons. The summed E-state index contributed by atoms with van der Waals surface area (Å²) in [4.78, 5) is 35.1. The Morgan fingerprint density at radius 2 is 1.78 bits per heavy atom. The van der Waals surface area contributed by atoms with Crippen molar-refractivity contribution in [3.8, 4) is 17.3 Å². The number of carbonyl (C=O) groups excluding carboxylic acids is 2. The molecule has 1 aromatic heterocycles. The van der Waals surface area contributed by atoms with Gasteiger partial charge in [-0.15, -0.1) is 11.3 Å². The number of nitrogens with one attached hydrogen (secondary N) is 2. The summed E-state index contributed by atoms with van der Waals surface area (Å²) in [7, 11) is 2.12. The Hall–Kier alpha value is -3.16. The lowest BCUT2D eigenvalue weighted by Gasteiger charge is -2.32. The number of amides is 2. The van der Waals surface area contributed by atoms with E-state index in [1.807, 2.05) is 23.6 Å². The van der Waals surface area contributed by atoms with Crippen LogP contribution in [-0.2, 0) is 11.2 Å². The van der Waals surface area contributed by atoms with Crippen molar-refractivity contribution in [3.63, 3.8) is 0 Å². The standard InChI is InChI=1S/C26H26Cl2N6O2S/c1-33-8-10-34(11-9-33)26-32-23(16-37-26)18-2-4-19(5-3-18)24(35)31-22(25(36)30-7-6-29)14-17-12-20(27)15-21(28)13-17/h2-5,12-13,15-16,22H,7-11,14H2,1H3,(H,30,36)(H,31,35).